The molecule has 2 rings (SSSR count). The molecule has 0 aliphatic heterocycles. The summed E-state index contributed by atoms with van der Waals surface area (Å²) in [5.74, 6) is 0.0949. The van der Waals surface area contributed by atoms with Gasteiger partial charge in [-0.25, -0.2) is 0 Å². The molecule has 3 nitrogen and oxygen atoms in total. The Bertz CT molecular complexity index is 495. The smallest absolute Gasteiger partial charge is 0.254 e. The highest BCUT2D eigenvalue weighted by molar-refractivity contribution is 7.80. The number of nitrogens with two attached hydrogens (primary N) is 1. The first kappa shape index (κ1) is 15.0. The molecule has 1 saturated carbocycles. The predicted molar refractivity (Wildman–Crippen MR) is 85.9 cm³/mol. The number of hydrogen-bond acceptors (Lipinski definition) is 2. The van der Waals surface area contributed by atoms with E-state index in [2.05, 4.69) is 0 Å². The van der Waals surface area contributed by atoms with Crippen molar-refractivity contribution in [3.63, 3.8) is 0 Å². The minimum Gasteiger partial charge on any atom is -0.389 e. The van der Waals surface area contributed by atoms with E-state index in [4.69, 9.17) is 18.0 Å². The van der Waals surface area contributed by atoms with Crippen LogP contribution in [0.2, 0.25) is 0 Å². The zero-order valence-corrected chi connectivity index (χ0v) is 12.8. The summed E-state index contributed by atoms with van der Waals surface area (Å²) in [6.07, 6.45) is 5.98. The van der Waals surface area contributed by atoms with Crippen molar-refractivity contribution in [2.24, 2.45) is 5.73 Å². The van der Waals surface area contributed by atoms with E-state index in [1.54, 1.807) is 6.07 Å². The maximum Gasteiger partial charge on any atom is 0.254 e. The lowest BCUT2D eigenvalue weighted by Gasteiger charge is -2.33. The second-order valence-corrected chi connectivity index (χ2v) is 5.77. The van der Waals surface area contributed by atoms with Crippen molar-refractivity contribution in [1.82, 2.24) is 4.90 Å². The molecule has 1 amide bonds. The van der Waals surface area contributed by atoms with Crippen molar-refractivity contribution >= 4 is 23.1 Å². The molecule has 0 unspecified atom stereocenters. The third-order valence-electron chi connectivity index (χ3n) is 4.01. The minimum absolute atomic E-state index is 0.0949. The Balaban J connectivity index is 2.19. The second-order valence-electron chi connectivity index (χ2n) is 5.33. The fourth-order valence-electron chi connectivity index (χ4n) is 2.93. The molecule has 0 heterocycles. The molecule has 2 N–H and O–H groups in total. The summed E-state index contributed by atoms with van der Waals surface area (Å²) in [5.41, 5.74) is 7.08. The maximum atomic E-state index is 12.7. The molecule has 0 radical (unpaired) electrons. The van der Waals surface area contributed by atoms with Crippen LogP contribution >= 0.6 is 12.2 Å². The van der Waals surface area contributed by atoms with Crippen molar-refractivity contribution in [2.45, 2.75) is 45.1 Å². The van der Waals surface area contributed by atoms with Crippen LogP contribution in [0.3, 0.4) is 0 Å². The summed E-state index contributed by atoms with van der Waals surface area (Å²) < 4.78 is 0. The van der Waals surface area contributed by atoms with E-state index in [0.717, 1.165) is 24.9 Å². The number of carbonyl (C=O) groups excluding carboxylic acids is 1. The predicted octanol–water partition coefficient (Wildman–Crippen LogP) is 3.12. The van der Waals surface area contributed by atoms with Crippen LogP contribution in [-0.4, -0.2) is 28.4 Å². The SMILES string of the molecule is CCN(C(=O)c1cccc(C(N)=S)c1)C1CCCCC1. The van der Waals surface area contributed by atoms with E-state index in [1.807, 2.05) is 30.0 Å². The second kappa shape index (κ2) is 6.84. The fourth-order valence-corrected chi connectivity index (χ4v) is 3.06. The molecule has 0 saturated heterocycles. The van der Waals surface area contributed by atoms with Crippen LogP contribution in [0, 0.1) is 0 Å². The minimum atomic E-state index is 0.0949. The zero-order valence-electron chi connectivity index (χ0n) is 12.0. The van der Waals surface area contributed by atoms with Gasteiger partial charge in [-0.2, -0.15) is 0 Å². The zero-order chi connectivity index (χ0) is 14.5. The van der Waals surface area contributed by atoms with E-state index >= 15 is 0 Å². The fraction of sp³-hybridized carbons (Fsp3) is 0.500. The van der Waals surface area contributed by atoms with E-state index < -0.39 is 0 Å². The average Bonchev–Trinajstić information content (AvgIpc) is 2.49. The van der Waals surface area contributed by atoms with Gasteiger partial charge in [-0.1, -0.05) is 43.6 Å². The number of amides is 1. The Hall–Kier alpha value is -1.42. The van der Waals surface area contributed by atoms with E-state index in [1.165, 1.54) is 19.3 Å². The highest BCUT2D eigenvalue weighted by Crippen LogP contribution is 2.24. The van der Waals surface area contributed by atoms with Gasteiger partial charge in [-0.05, 0) is 31.9 Å². The van der Waals surface area contributed by atoms with Gasteiger partial charge in [0.05, 0.1) is 0 Å². The molecule has 1 fully saturated rings. The monoisotopic (exact) mass is 290 g/mol. The lowest BCUT2D eigenvalue weighted by atomic mass is 9.93. The summed E-state index contributed by atoms with van der Waals surface area (Å²) in [6.45, 7) is 2.80. The summed E-state index contributed by atoms with van der Waals surface area (Å²) in [6, 6.07) is 7.72. The Morgan fingerprint density at radius 1 is 1.30 bits per heavy atom. The Morgan fingerprint density at radius 2 is 1.95 bits per heavy atom. The van der Waals surface area contributed by atoms with Crippen LogP contribution < -0.4 is 5.73 Å². The highest BCUT2D eigenvalue weighted by atomic mass is 32.1. The van der Waals surface area contributed by atoms with E-state index in [0.29, 0.717) is 16.6 Å². The summed E-state index contributed by atoms with van der Waals surface area (Å²) in [7, 11) is 0. The van der Waals surface area contributed by atoms with Crippen LogP contribution in [0.4, 0.5) is 0 Å². The standard InChI is InChI=1S/C16H22N2OS/c1-2-18(14-9-4-3-5-10-14)16(19)13-8-6-7-12(11-13)15(17)20/h6-8,11,14H,2-5,9-10H2,1H3,(H2,17,20). The topological polar surface area (TPSA) is 46.3 Å². The van der Waals surface area contributed by atoms with Crippen molar-refractivity contribution in [3.8, 4) is 0 Å². The lowest BCUT2D eigenvalue weighted by Crippen LogP contribution is -2.41. The molecular formula is C16H22N2OS. The molecule has 0 spiro atoms. The van der Waals surface area contributed by atoms with Crippen molar-refractivity contribution < 1.29 is 4.79 Å². The molecular weight excluding hydrogens is 268 g/mol. The quantitative estimate of drug-likeness (QED) is 0.867. The molecule has 0 atom stereocenters. The Labute approximate surface area is 126 Å². The molecule has 20 heavy (non-hydrogen) atoms. The molecule has 4 heteroatoms. The first-order chi connectivity index (χ1) is 9.63. The summed E-state index contributed by atoms with van der Waals surface area (Å²) in [4.78, 5) is 15.0. The number of nitrogens with zero attached hydrogens (tertiary/aromatic N) is 1. The molecule has 108 valence electrons. The van der Waals surface area contributed by atoms with Crippen LogP contribution in [-0.2, 0) is 0 Å². The first-order valence-electron chi connectivity index (χ1n) is 7.34. The maximum absolute atomic E-state index is 12.7. The largest absolute Gasteiger partial charge is 0.389 e. The Morgan fingerprint density at radius 3 is 2.55 bits per heavy atom. The van der Waals surface area contributed by atoms with Crippen molar-refractivity contribution in [1.29, 1.82) is 0 Å². The van der Waals surface area contributed by atoms with Gasteiger partial charge < -0.3 is 10.6 Å². The Kier molecular flexibility index (Phi) is 5.12. The van der Waals surface area contributed by atoms with Gasteiger partial charge in [0.25, 0.3) is 5.91 Å². The van der Waals surface area contributed by atoms with Gasteiger partial charge in [-0.15, -0.1) is 0 Å². The molecule has 0 bridgehead atoms. The van der Waals surface area contributed by atoms with Crippen molar-refractivity contribution in [3.05, 3.63) is 35.4 Å². The highest BCUT2D eigenvalue weighted by Gasteiger charge is 2.25. The van der Waals surface area contributed by atoms with E-state index in [9.17, 15) is 4.79 Å². The van der Waals surface area contributed by atoms with Crippen molar-refractivity contribution in [2.75, 3.05) is 6.54 Å². The van der Waals surface area contributed by atoms with Gasteiger partial charge in [0, 0.05) is 23.7 Å². The van der Waals surface area contributed by atoms with Gasteiger partial charge in [0.2, 0.25) is 0 Å². The molecule has 1 aliphatic rings. The third kappa shape index (κ3) is 3.37. The third-order valence-corrected chi connectivity index (χ3v) is 4.25. The first-order valence-corrected chi connectivity index (χ1v) is 7.75. The molecule has 1 aromatic carbocycles. The van der Waals surface area contributed by atoms with Gasteiger partial charge in [0.1, 0.15) is 4.99 Å². The average molecular weight is 290 g/mol. The van der Waals surface area contributed by atoms with Crippen LogP contribution in [0.25, 0.3) is 0 Å². The number of thiocarbonyl (C=S) groups is 1. The molecule has 1 aliphatic carbocycles. The number of benzene rings is 1. The number of carbonyl (C=O) groups is 1. The summed E-state index contributed by atoms with van der Waals surface area (Å²) in [5, 5.41) is 0. The normalized spacial score (nSPS) is 15.8. The van der Waals surface area contributed by atoms with Crippen LogP contribution in [0.15, 0.2) is 24.3 Å². The van der Waals surface area contributed by atoms with E-state index in [-0.39, 0.29) is 5.91 Å². The van der Waals surface area contributed by atoms with Gasteiger partial charge >= 0.3 is 0 Å². The number of hydrogen-bond donors (Lipinski definition) is 1. The molecule has 1 aromatic rings. The molecule has 0 aromatic heterocycles. The van der Waals surface area contributed by atoms with Crippen LogP contribution in [0.5, 0.6) is 0 Å². The summed E-state index contributed by atoms with van der Waals surface area (Å²) >= 11 is 4.98. The lowest BCUT2D eigenvalue weighted by molar-refractivity contribution is 0.0648. The van der Waals surface area contributed by atoms with Gasteiger partial charge in [-0.3, -0.25) is 4.79 Å². The van der Waals surface area contributed by atoms with Crippen LogP contribution in [0.1, 0.15) is 54.9 Å². The van der Waals surface area contributed by atoms with Gasteiger partial charge in [0.15, 0.2) is 0 Å². The number of rotatable bonds is 4.